The van der Waals surface area contributed by atoms with Gasteiger partial charge in [0.05, 0.1) is 12.6 Å². The van der Waals surface area contributed by atoms with Crippen LogP contribution < -0.4 is 17.7 Å². The van der Waals surface area contributed by atoms with Gasteiger partial charge in [-0.3, -0.25) is 0 Å². The van der Waals surface area contributed by atoms with Gasteiger partial charge in [-0.05, 0) is 29.4 Å². The highest BCUT2D eigenvalue weighted by molar-refractivity contribution is 5.48. The molecule has 0 aliphatic heterocycles. The van der Waals surface area contributed by atoms with Crippen LogP contribution in [-0.4, -0.2) is 12.6 Å². The lowest BCUT2D eigenvalue weighted by Crippen LogP contribution is -3.00. The van der Waals surface area contributed by atoms with Crippen LogP contribution >= 0.6 is 0 Å². The van der Waals surface area contributed by atoms with Gasteiger partial charge in [0.1, 0.15) is 0 Å². The lowest BCUT2D eigenvalue weighted by Gasteiger charge is -2.37. The summed E-state index contributed by atoms with van der Waals surface area (Å²) in [6, 6.07) is 11.4. The third-order valence-corrected chi connectivity index (χ3v) is 4.14. The molecule has 20 heavy (non-hydrogen) atoms. The second-order valence-corrected chi connectivity index (χ2v) is 6.96. The van der Waals surface area contributed by atoms with Crippen molar-refractivity contribution in [2.45, 2.75) is 46.1 Å². The van der Waals surface area contributed by atoms with Gasteiger partial charge in [-0.25, -0.2) is 0 Å². The van der Waals surface area contributed by atoms with E-state index >= 15 is 0 Å². The molecule has 1 aromatic carbocycles. The summed E-state index contributed by atoms with van der Waals surface area (Å²) in [4.78, 5) is 0. The predicted octanol–water partition coefficient (Wildman–Crippen LogP) is 0.482. The van der Waals surface area contributed by atoms with Crippen molar-refractivity contribution in [1.29, 1.82) is 0 Å². The van der Waals surface area contributed by atoms with Gasteiger partial charge in [0.25, 0.3) is 0 Å². The van der Waals surface area contributed by atoms with Crippen LogP contribution in [0, 0.1) is 11.3 Å². The number of hydrogen-bond donors (Lipinski definition) is 1. The third-order valence-electron chi connectivity index (χ3n) is 4.14. The summed E-state index contributed by atoms with van der Waals surface area (Å²) in [6.45, 7) is 8.34. The largest absolute Gasteiger partial charge is 1.00 e. The second kappa shape index (κ2) is 7.85. The van der Waals surface area contributed by atoms with Crippen LogP contribution in [0.15, 0.2) is 36.4 Å². The molecule has 1 aliphatic carbocycles. The monoisotopic (exact) mass is 293 g/mol. The van der Waals surface area contributed by atoms with E-state index in [0.717, 1.165) is 18.5 Å². The Kier molecular flexibility index (Phi) is 6.78. The topological polar surface area (TPSA) is 16.6 Å². The Morgan fingerprint density at radius 2 is 1.90 bits per heavy atom. The first-order chi connectivity index (χ1) is 9.05. The predicted molar refractivity (Wildman–Crippen MR) is 82.9 cm³/mol. The Bertz CT molecular complexity index is 411. The average Bonchev–Trinajstić information content (AvgIpc) is 2.33. The molecule has 1 fully saturated rings. The van der Waals surface area contributed by atoms with E-state index in [0.29, 0.717) is 5.41 Å². The van der Waals surface area contributed by atoms with Crippen molar-refractivity contribution in [3.05, 3.63) is 42.0 Å². The number of rotatable bonds is 4. The van der Waals surface area contributed by atoms with Crippen molar-refractivity contribution in [2.75, 3.05) is 6.54 Å². The molecule has 0 aromatic heterocycles. The summed E-state index contributed by atoms with van der Waals surface area (Å²) in [5, 5.41) is 2.52. The molecule has 1 nitrogen and oxygen atoms in total. The van der Waals surface area contributed by atoms with Crippen molar-refractivity contribution in [1.82, 2.24) is 0 Å². The summed E-state index contributed by atoms with van der Waals surface area (Å²) in [5.41, 5.74) is 1.83. The van der Waals surface area contributed by atoms with Crippen LogP contribution in [-0.2, 0) is 0 Å². The third kappa shape index (κ3) is 5.68. The highest BCUT2D eigenvalue weighted by atomic mass is 35.5. The van der Waals surface area contributed by atoms with Crippen LogP contribution in [0.2, 0.25) is 0 Å². The smallest absolute Gasteiger partial charge is 0.0947 e. The first kappa shape index (κ1) is 17.3. The van der Waals surface area contributed by atoms with Gasteiger partial charge < -0.3 is 17.7 Å². The molecule has 2 unspecified atom stereocenters. The van der Waals surface area contributed by atoms with Crippen LogP contribution in [0.25, 0.3) is 6.08 Å². The van der Waals surface area contributed by atoms with E-state index in [-0.39, 0.29) is 12.4 Å². The number of hydrogen-bond acceptors (Lipinski definition) is 0. The maximum absolute atomic E-state index is 2.52. The number of halogens is 1. The Morgan fingerprint density at radius 3 is 2.55 bits per heavy atom. The molecule has 0 saturated heterocycles. The molecule has 1 aromatic rings. The molecular weight excluding hydrogens is 266 g/mol. The molecule has 0 spiro atoms. The van der Waals surface area contributed by atoms with Gasteiger partial charge in [-0.2, -0.15) is 0 Å². The molecule has 2 N–H and O–H groups in total. The van der Waals surface area contributed by atoms with Crippen LogP contribution in [0.5, 0.6) is 0 Å². The Labute approximate surface area is 130 Å². The van der Waals surface area contributed by atoms with Crippen LogP contribution in [0.1, 0.15) is 45.6 Å². The fraction of sp³-hybridized carbons (Fsp3) is 0.556. The molecule has 0 radical (unpaired) electrons. The highest BCUT2D eigenvalue weighted by Crippen LogP contribution is 2.37. The first-order valence-electron chi connectivity index (χ1n) is 7.60. The number of nitrogens with two attached hydrogens (primary N) is 1. The normalized spacial score (nSPS) is 25.4. The Hall–Kier alpha value is -0.790. The van der Waals surface area contributed by atoms with Crippen molar-refractivity contribution in [3.8, 4) is 0 Å². The number of quaternary nitrogens is 1. The van der Waals surface area contributed by atoms with Gasteiger partial charge in [0, 0.05) is 12.8 Å². The summed E-state index contributed by atoms with van der Waals surface area (Å²) >= 11 is 0. The van der Waals surface area contributed by atoms with Gasteiger partial charge in [0.2, 0.25) is 0 Å². The van der Waals surface area contributed by atoms with Gasteiger partial charge >= 0.3 is 0 Å². The zero-order valence-corrected chi connectivity index (χ0v) is 13.7. The fourth-order valence-electron chi connectivity index (χ4n) is 3.64. The van der Waals surface area contributed by atoms with Crippen molar-refractivity contribution >= 4 is 6.08 Å². The zero-order chi connectivity index (χ0) is 13.7. The van der Waals surface area contributed by atoms with Crippen LogP contribution in [0.4, 0.5) is 0 Å². The minimum absolute atomic E-state index is 0. The minimum Gasteiger partial charge on any atom is -1.00 e. The average molecular weight is 294 g/mol. The van der Waals surface area contributed by atoms with E-state index in [9.17, 15) is 0 Å². The van der Waals surface area contributed by atoms with Gasteiger partial charge in [-0.15, -0.1) is 0 Å². The van der Waals surface area contributed by atoms with E-state index in [2.05, 4.69) is 68.6 Å². The van der Waals surface area contributed by atoms with Crippen molar-refractivity contribution < 1.29 is 17.7 Å². The minimum atomic E-state index is 0. The molecule has 2 atom stereocenters. The van der Waals surface area contributed by atoms with Crippen LogP contribution in [0.3, 0.4) is 0 Å². The quantitative estimate of drug-likeness (QED) is 0.832. The summed E-state index contributed by atoms with van der Waals surface area (Å²) in [6.07, 6.45) is 8.64. The Morgan fingerprint density at radius 1 is 1.20 bits per heavy atom. The molecule has 112 valence electrons. The lowest BCUT2D eigenvalue weighted by atomic mass is 9.70. The molecule has 0 bridgehead atoms. The standard InChI is InChI=1S/C18H27N.ClH/c1-15-12-17(14-18(2,3)13-15)19-11-7-10-16-8-5-4-6-9-16;/h4-10,15,17,19H,11-14H2,1-3H3;1H/b10-7+;. The fourth-order valence-corrected chi connectivity index (χ4v) is 3.64. The second-order valence-electron chi connectivity index (χ2n) is 6.96. The zero-order valence-electron chi connectivity index (χ0n) is 13.0. The molecule has 2 heteroatoms. The van der Waals surface area contributed by atoms with E-state index < -0.39 is 0 Å². The molecule has 0 amide bonds. The van der Waals surface area contributed by atoms with Crippen molar-refractivity contribution in [2.24, 2.45) is 11.3 Å². The van der Waals surface area contributed by atoms with E-state index in [1.165, 1.54) is 24.8 Å². The SMILES string of the molecule is CC1CC([NH2+]C/C=C/c2ccccc2)CC(C)(C)C1.[Cl-]. The molecule has 0 heterocycles. The first-order valence-corrected chi connectivity index (χ1v) is 7.60. The van der Waals surface area contributed by atoms with Gasteiger partial charge in [0.15, 0.2) is 0 Å². The number of benzene rings is 1. The van der Waals surface area contributed by atoms with Gasteiger partial charge in [-0.1, -0.05) is 57.2 Å². The summed E-state index contributed by atoms with van der Waals surface area (Å²) in [7, 11) is 0. The summed E-state index contributed by atoms with van der Waals surface area (Å²) in [5.74, 6) is 0.878. The molecule has 2 rings (SSSR count). The maximum atomic E-state index is 2.52. The van der Waals surface area contributed by atoms with E-state index in [1.54, 1.807) is 0 Å². The molecule has 1 saturated carbocycles. The van der Waals surface area contributed by atoms with E-state index in [1.807, 2.05) is 0 Å². The van der Waals surface area contributed by atoms with Crippen molar-refractivity contribution in [3.63, 3.8) is 0 Å². The Balaban J connectivity index is 0.00000200. The summed E-state index contributed by atoms with van der Waals surface area (Å²) < 4.78 is 0. The van der Waals surface area contributed by atoms with E-state index in [4.69, 9.17) is 0 Å². The lowest BCUT2D eigenvalue weighted by molar-refractivity contribution is -0.686. The molecular formula is C18H28ClN. The molecule has 1 aliphatic rings. The maximum Gasteiger partial charge on any atom is 0.0947 e. The highest BCUT2D eigenvalue weighted by Gasteiger charge is 2.33.